The number of halogens is 3. The van der Waals surface area contributed by atoms with E-state index in [-0.39, 0.29) is 35.6 Å². The molecule has 0 bridgehead atoms. The number of anilines is 1. The highest BCUT2D eigenvalue weighted by Crippen LogP contribution is 2.26. The van der Waals surface area contributed by atoms with Crippen molar-refractivity contribution < 1.29 is 26.8 Å². The number of carbonyl (C=O) groups excluding carboxylic acids is 2. The summed E-state index contributed by atoms with van der Waals surface area (Å²) < 4.78 is 54.0. The Morgan fingerprint density at radius 1 is 0.976 bits per heavy atom. The molecule has 3 aromatic rings. The summed E-state index contributed by atoms with van der Waals surface area (Å²) in [5.74, 6) is -2.21. The molecule has 0 spiro atoms. The number of benzene rings is 3. The van der Waals surface area contributed by atoms with Gasteiger partial charge in [0.05, 0.1) is 17.0 Å². The van der Waals surface area contributed by atoms with Gasteiger partial charge in [0.2, 0.25) is 21.8 Å². The van der Waals surface area contributed by atoms with Crippen LogP contribution in [0.5, 0.6) is 0 Å². The third kappa shape index (κ3) is 8.27. The van der Waals surface area contributed by atoms with Crippen LogP contribution in [0.4, 0.5) is 14.5 Å². The van der Waals surface area contributed by atoms with Crippen LogP contribution in [0.3, 0.4) is 0 Å². The van der Waals surface area contributed by atoms with Gasteiger partial charge < -0.3 is 10.2 Å². The lowest BCUT2D eigenvalue weighted by atomic mass is 10.0. The normalized spacial score (nSPS) is 14.4. The lowest BCUT2D eigenvalue weighted by Gasteiger charge is -2.34. The highest BCUT2D eigenvalue weighted by Gasteiger charge is 2.34. The molecule has 1 unspecified atom stereocenters. The summed E-state index contributed by atoms with van der Waals surface area (Å²) in [6.45, 7) is -0.736. The van der Waals surface area contributed by atoms with Crippen LogP contribution >= 0.6 is 11.6 Å². The zero-order valence-corrected chi connectivity index (χ0v) is 24.2. The minimum atomic E-state index is -4.02. The van der Waals surface area contributed by atoms with Crippen LogP contribution in [0.2, 0.25) is 5.02 Å². The SMILES string of the molecule is CS(=O)(=O)N(CC(=O)N(Cc1ccc(F)cc1)C(Cc1ccccc1)C(=O)NC1CCCC1)c1ccc(F)c(Cl)c1. The first-order valence-corrected chi connectivity index (χ1v) is 15.5. The molecule has 218 valence electrons. The van der Waals surface area contributed by atoms with Crippen molar-refractivity contribution >= 4 is 39.1 Å². The van der Waals surface area contributed by atoms with Crippen molar-refractivity contribution in [2.24, 2.45) is 0 Å². The van der Waals surface area contributed by atoms with Gasteiger partial charge in [0.1, 0.15) is 24.2 Å². The molecule has 7 nitrogen and oxygen atoms in total. The summed E-state index contributed by atoms with van der Waals surface area (Å²) in [5, 5.41) is 2.77. The van der Waals surface area contributed by atoms with E-state index in [1.54, 1.807) is 0 Å². The van der Waals surface area contributed by atoms with E-state index < -0.39 is 40.2 Å². The molecule has 1 aliphatic rings. The van der Waals surface area contributed by atoms with Gasteiger partial charge in [-0.15, -0.1) is 0 Å². The number of hydrogen-bond donors (Lipinski definition) is 1. The van der Waals surface area contributed by atoms with E-state index in [1.807, 2.05) is 30.3 Å². The molecule has 11 heteroatoms. The second kappa shape index (κ2) is 13.4. The van der Waals surface area contributed by atoms with Gasteiger partial charge in [-0.05, 0) is 54.3 Å². The smallest absolute Gasteiger partial charge is 0.244 e. The van der Waals surface area contributed by atoms with Crippen LogP contribution in [0, 0.1) is 11.6 Å². The second-order valence-electron chi connectivity index (χ2n) is 10.2. The predicted octanol–water partition coefficient (Wildman–Crippen LogP) is 5.08. The maximum atomic E-state index is 14.0. The van der Waals surface area contributed by atoms with Crippen molar-refractivity contribution in [2.75, 3.05) is 17.1 Å². The standard InChI is InChI=1S/C30H32ClF2N3O4S/c1-41(39,40)36(25-15-16-27(33)26(31)18-25)20-29(37)35(19-22-11-13-23(32)14-12-22)28(17-21-7-3-2-4-8-21)30(38)34-24-9-5-6-10-24/h2-4,7-8,11-16,18,24,28H,5-6,9-10,17,19-20H2,1H3,(H,34,38). The Balaban J connectivity index is 1.72. The molecule has 0 heterocycles. The van der Waals surface area contributed by atoms with Crippen molar-refractivity contribution in [3.8, 4) is 0 Å². The molecule has 1 aliphatic carbocycles. The number of carbonyl (C=O) groups is 2. The van der Waals surface area contributed by atoms with Gasteiger partial charge >= 0.3 is 0 Å². The minimum absolute atomic E-state index is 0.00370. The van der Waals surface area contributed by atoms with Crippen LogP contribution in [0.1, 0.15) is 36.8 Å². The summed E-state index contributed by atoms with van der Waals surface area (Å²) in [6, 6.07) is 17.1. The lowest BCUT2D eigenvalue weighted by Crippen LogP contribution is -2.54. The molecule has 1 atom stereocenters. The van der Waals surface area contributed by atoms with E-state index in [4.69, 9.17) is 11.6 Å². The van der Waals surface area contributed by atoms with E-state index in [2.05, 4.69) is 5.32 Å². The fraction of sp³-hybridized carbons (Fsp3) is 0.333. The third-order valence-corrected chi connectivity index (χ3v) is 8.54. The minimum Gasteiger partial charge on any atom is -0.352 e. The molecule has 0 saturated heterocycles. The second-order valence-corrected chi connectivity index (χ2v) is 12.5. The quantitative estimate of drug-likeness (QED) is 0.331. The van der Waals surface area contributed by atoms with Gasteiger partial charge in [0, 0.05) is 19.0 Å². The fourth-order valence-corrected chi connectivity index (χ4v) is 5.98. The molecular weight excluding hydrogens is 572 g/mol. The summed E-state index contributed by atoms with van der Waals surface area (Å²) in [6.07, 6.45) is 4.77. The largest absolute Gasteiger partial charge is 0.352 e. The van der Waals surface area contributed by atoms with E-state index in [1.165, 1.54) is 35.2 Å². The molecule has 3 aromatic carbocycles. The van der Waals surface area contributed by atoms with Crippen molar-refractivity contribution in [2.45, 2.75) is 50.7 Å². The fourth-order valence-electron chi connectivity index (χ4n) is 4.96. The molecule has 4 rings (SSSR count). The van der Waals surface area contributed by atoms with Gasteiger partial charge in [-0.3, -0.25) is 13.9 Å². The van der Waals surface area contributed by atoms with Gasteiger partial charge in [-0.1, -0.05) is 66.9 Å². The molecule has 41 heavy (non-hydrogen) atoms. The summed E-state index contributed by atoms with van der Waals surface area (Å²) in [5.41, 5.74) is 1.37. The Bertz CT molecular complexity index is 1470. The summed E-state index contributed by atoms with van der Waals surface area (Å²) >= 11 is 5.92. The number of nitrogens with zero attached hydrogens (tertiary/aromatic N) is 2. The average molecular weight is 604 g/mol. The zero-order chi connectivity index (χ0) is 29.6. The Kier molecular flexibility index (Phi) is 9.99. The van der Waals surface area contributed by atoms with Crippen molar-refractivity contribution in [3.63, 3.8) is 0 Å². The molecule has 1 saturated carbocycles. The van der Waals surface area contributed by atoms with Crippen LogP contribution in [0.25, 0.3) is 0 Å². The van der Waals surface area contributed by atoms with Crippen LogP contribution < -0.4 is 9.62 Å². The van der Waals surface area contributed by atoms with Gasteiger partial charge in [0.15, 0.2) is 0 Å². The Morgan fingerprint density at radius 2 is 1.63 bits per heavy atom. The van der Waals surface area contributed by atoms with Crippen molar-refractivity contribution in [1.29, 1.82) is 0 Å². The molecule has 0 aliphatic heterocycles. The van der Waals surface area contributed by atoms with Gasteiger partial charge in [0.25, 0.3) is 0 Å². The van der Waals surface area contributed by atoms with Crippen LogP contribution in [-0.2, 0) is 32.6 Å². The Morgan fingerprint density at radius 3 is 2.24 bits per heavy atom. The maximum absolute atomic E-state index is 14.0. The lowest BCUT2D eigenvalue weighted by molar-refractivity contribution is -0.140. The summed E-state index contributed by atoms with van der Waals surface area (Å²) in [7, 11) is -4.02. The Hall–Kier alpha value is -3.50. The number of rotatable bonds is 11. The van der Waals surface area contributed by atoms with Crippen molar-refractivity contribution in [1.82, 2.24) is 10.2 Å². The average Bonchev–Trinajstić information content (AvgIpc) is 3.45. The molecular formula is C30H32ClF2N3O4S. The van der Waals surface area contributed by atoms with Gasteiger partial charge in [-0.25, -0.2) is 17.2 Å². The zero-order valence-electron chi connectivity index (χ0n) is 22.6. The van der Waals surface area contributed by atoms with E-state index in [0.717, 1.165) is 53.9 Å². The highest BCUT2D eigenvalue weighted by molar-refractivity contribution is 7.92. The number of sulfonamides is 1. The highest BCUT2D eigenvalue weighted by atomic mass is 35.5. The molecule has 1 fully saturated rings. The first-order valence-electron chi connectivity index (χ1n) is 13.3. The third-order valence-electron chi connectivity index (χ3n) is 7.11. The monoisotopic (exact) mass is 603 g/mol. The Labute approximate surface area is 244 Å². The maximum Gasteiger partial charge on any atom is 0.244 e. The first kappa shape index (κ1) is 30.5. The number of nitrogens with one attached hydrogen (secondary N) is 1. The number of hydrogen-bond acceptors (Lipinski definition) is 4. The molecule has 0 aromatic heterocycles. The van der Waals surface area contributed by atoms with Crippen LogP contribution in [0.15, 0.2) is 72.8 Å². The van der Waals surface area contributed by atoms with Gasteiger partial charge in [-0.2, -0.15) is 0 Å². The molecule has 1 N–H and O–H groups in total. The number of amides is 2. The van der Waals surface area contributed by atoms with E-state index >= 15 is 0 Å². The molecule has 2 amide bonds. The first-order chi connectivity index (χ1) is 19.5. The molecule has 0 radical (unpaired) electrons. The summed E-state index contributed by atoms with van der Waals surface area (Å²) in [4.78, 5) is 29.1. The van der Waals surface area contributed by atoms with E-state index in [0.29, 0.717) is 5.56 Å². The van der Waals surface area contributed by atoms with Crippen LogP contribution in [-0.4, -0.2) is 50.0 Å². The topological polar surface area (TPSA) is 86.8 Å². The van der Waals surface area contributed by atoms with E-state index in [9.17, 15) is 26.8 Å². The predicted molar refractivity (Wildman–Crippen MR) is 155 cm³/mol. The van der Waals surface area contributed by atoms with Crippen molar-refractivity contribution in [3.05, 3.63) is 101 Å².